The van der Waals surface area contributed by atoms with Crippen molar-refractivity contribution in [3.8, 4) is 10.7 Å². The highest BCUT2D eigenvalue weighted by molar-refractivity contribution is 7.19. The summed E-state index contributed by atoms with van der Waals surface area (Å²) in [6.07, 6.45) is 6.19. The molecule has 4 heterocycles. The first kappa shape index (κ1) is 21.0. The van der Waals surface area contributed by atoms with Gasteiger partial charge in [0.2, 0.25) is 5.91 Å². The van der Waals surface area contributed by atoms with Crippen LogP contribution in [0.1, 0.15) is 18.4 Å². The summed E-state index contributed by atoms with van der Waals surface area (Å²) in [6.45, 7) is 2.76. The Hall–Kier alpha value is -2.90. The SMILES string of the molecule is O=C(Cc1ccc2[nH]c(-c3ccc(Cl)s3)nc2c1)NCC1CCN(c2ccncc2)CC1. The second-order valence-electron chi connectivity index (χ2n) is 8.16. The normalized spacial score (nSPS) is 14.7. The molecule has 0 radical (unpaired) electrons. The summed E-state index contributed by atoms with van der Waals surface area (Å²) in [5, 5.41) is 3.13. The Kier molecular flexibility index (Phi) is 6.10. The number of H-pyrrole nitrogens is 1. The van der Waals surface area contributed by atoms with Gasteiger partial charge in [0.05, 0.1) is 26.7 Å². The van der Waals surface area contributed by atoms with E-state index in [0.29, 0.717) is 12.3 Å². The van der Waals surface area contributed by atoms with Gasteiger partial charge in [-0.2, -0.15) is 0 Å². The highest BCUT2D eigenvalue weighted by Gasteiger charge is 2.20. The molecule has 6 nitrogen and oxygen atoms in total. The van der Waals surface area contributed by atoms with E-state index in [2.05, 4.69) is 37.3 Å². The van der Waals surface area contributed by atoms with E-state index in [1.807, 2.05) is 42.7 Å². The van der Waals surface area contributed by atoms with E-state index in [1.165, 1.54) is 17.0 Å². The molecule has 1 aliphatic rings. The number of nitrogens with zero attached hydrogens (tertiary/aromatic N) is 3. The zero-order valence-electron chi connectivity index (χ0n) is 17.6. The van der Waals surface area contributed by atoms with Crippen LogP contribution in [0.25, 0.3) is 21.7 Å². The van der Waals surface area contributed by atoms with Crippen LogP contribution >= 0.6 is 22.9 Å². The van der Waals surface area contributed by atoms with Gasteiger partial charge in [0.25, 0.3) is 0 Å². The van der Waals surface area contributed by atoms with Crippen LogP contribution in [0.2, 0.25) is 4.34 Å². The summed E-state index contributed by atoms with van der Waals surface area (Å²) in [5.41, 5.74) is 4.00. The third-order valence-electron chi connectivity index (χ3n) is 5.95. The van der Waals surface area contributed by atoms with Gasteiger partial charge in [-0.1, -0.05) is 17.7 Å². The monoisotopic (exact) mass is 465 g/mol. The van der Waals surface area contributed by atoms with Crippen molar-refractivity contribution in [3.05, 3.63) is 64.8 Å². The second kappa shape index (κ2) is 9.30. The van der Waals surface area contributed by atoms with E-state index in [1.54, 1.807) is 0 Å². The molecule has 0 unspecified atom stereocenters. The number of piperidine rings is 1. The first-order chi connectivity index (χ1) is 15.6. The van der Waals surface area contributed by atoms with Gasteiger partial charge in [-0.05, 0) is 60.7 Å². The van der Waals surface area contributed by atoms with Gasteiger partial charge in [-0.3, -0.25) is 9.78 Å². The molecule has 8 heteroatoms. The van der Waals surface area contributed by atoms with Crippen LogP contribution in [0.15, 0.2) is 54.9 Å². The van der Waals surface area contributed by atoms with Crippen molar-refractivity contribution in [2.75, 3.05) is 24.5 Å². The minimum Gasteiger partial charge on any atom is -0.371 e. The zero-order chi connectivity index (χ0) is 21.9. The van der Waals surface area contributed by atoms with Gasteiger partial charge >= 0.3 is 0 Å². The summed E-state index contributed by atoms with van der Waals surface area (Å²) in [7, 11) is 0. The number of aromatic nitrogens is 3. The van der Waals surface area contributed by atoms with E-state index in [-0.39, 0.29) is 5.91 Å². The van der Waals surface area contributed by atoms with Crippen LogP contribution in [-0.2, 0) is 11.2 Å². The molecule has 1 fully saturated rings. The number of rotatable bonds is 6. The van der Waals surface area contributed by atoms with Crippen molar-refractivity contribution in [2.24, 2.45) is 5.92 Å². The maximum atomic E-state index is 12.5. The van der Waals surface area contributed by atoms with Gasteiger partial charge in [-0.25, -0.2) is 4.98 Å². The Morgan fingerprint density at radius 1 is 1.16 bits per heavy atom. The Labute approximate surface area is 195 Å². The van der Waals surface area contributed by atoms with Crippen molar-refractivity contribution in [1.29, 1.82) is 0 Å². The minimum absolute atomic E-state index is 0.0571. The van der Waals surface area contributed by atoms with E-state index >= 15 is 0 Å². The van der Waals surface area contributed by atoms with Crippen molar-refractivity contribution < 1.29 is 4.79 Å². The number of thiophene rings is 1. The van der Waals surface area contributed by atoms with Crippen LogP contribution in [0.3, 0.4) is 0 Å². The molecule has 164 valence electrons. The second-order valence-corrected chi connectivity index (χ2v) is 9.87. The lowest BCUT2D eigenvalue weighted by Gasteiger charge is -2.33. The number of aromatic amines is 1. The third-order valence-corrected chi connectivity index (χ3v) is 7.19. The number of carbonyl (C=O) groups excluding carboxylic acids is 1. The molecule has 4 aromatic rings. The average molecular weight is 466 g/mol. The van der Waals surface area contributed by atoms with Gasteiger partial charge in [0.15, 0.2) is 0 Å². The number of benzene rings is 1. The van der Waals surface area contributed by atoms with E-state index < -0.39 is 0 Å². The predicted molar refractivity (Wildman–Crippen MR) is 130 cm³/mol. The topological polar surface area (TPSA) is 73.9 Å². The smallest absolute Gasteiger partial charge is 0.224 e. The van der Waals surface area contributed by atoms with Gasteiger partial charge < -0.3 is 15.2 Å². The fourth-order valence-corrected chi connectivity index (χ4v) is 5.16. The Bertz CT molecular complexity index is 1210. The molecule has 1 amide bonds. The lowest BCUT2D eigenvalue weighted by atomic mass is 9.96. The molecule has 0 aliphatic carbocycles. The number of halogens is 1. The number of amides is 1. The molecule has 3 aromatic heterocycles. The van der Waals surface area contributed by atoms with Crippen molar-refractivity contribution >= 4 is 45.6 Å². The minimum atomic E-state index is 0.0571. The highest BCUT2D eigenvalue weighted by atomic mass is 35.5. The summed E-state index contributed by atoms with van der Waals surface area (Å²) in [6, 6.07) is 13.9. The summed E-state index contributed by atoms with van der Waals surface area (Å²) in [5.74, 6) is 1.38. The zero-order valence-corrected chi connectivity index (χ0v) is 19.1. The fraction of sp³-hybridized carbons (Fsp3) is 0.292. The maximum Gasteiger partial charge on any atom is 0.224 e. The lowest BCUT2D eigenvalue weighted by Crippen LogP contribution is -2.39. The molecule has 0 atom stereocenters. The molecule has 1 aliphatic heterocycles. The molecular formula is C24H24ClN5OS. The quantitative estimate of drug-likeness (QED) is 0.424. The van der Waals surface area contributed by atoms with Gasteiger partial charge in [0, 0.05) is 37.7 Å². The van der Waals surface area contributed by atoms with Crippen LogP contribution in [0, 0.1) is 5.92 Å². The molecule has 0 saturated carbocycles. The molecule has 0 spiro atoms. The number of carbonyl (C=O) groups is 1. The first-order valence-corrected chi connectivity index (χ1v) is 12.0. The molecule has 5 rings (SSSR count). The number of nitrogens with one attached hydrogen (secondary N) is 2. The molecular weight excluding hydrogens is 442 g/mol. The Morgan fingerprint density at radius 2 is 1.97 bits per heavy atom. The van der Waals surface area contributed by atoms with Crippen LogP contribution in [-0.4, -0.2) is 40.5 Å². The van der Waals surface area contributed by atoms with Crippen LogP contribution < -0.4 is 10.2 Å². The third kappa shape index (κ3) is 4.79. The summed E-state index contributed by atoms with van der Waals surface area (Å²) in [4.78, 5) is 28.0. The Balaban J connectivity index is 1.13. The molecule has 0 bridgehead atoms. The highest BCUT2D eigenvalue weighted by Crippen LogP contribution is 2.30. The fourth-order valence-electron chi connectivity index (χ4n) is 4.18. The van der Waals surface area contributed by atoms with Crippen LogP contribution in [0.4, 0.5) is 5.69 Å². The molecule has 32 heavy (non-hydrogen) atoms. The van der Waals surface area contributed by atoms with Crippen molar-refractivity contribution in [2.45, 2.75) is 19.3 Å². The number of fused-ring (bicyclic) bond motifs is 1. The first-order valence-electron chi connectivity index (χ1n) is 10.8. The summed E-state index contributed by atoms with van der Waals surface area (Å²) >= 11 is 7.53. The Morgan fingerprint density at radius 3 is 2.72 bits per heavy atom. The number of imidazole rings is 1. The van der Waals surface area contributed by atoms with E-state index in [0.717, 1.165) is 64.1 Å². The van der Waals surface area contributed by atoms with E-state index in [9.17, 15) is 4.79 Å². The largest absolute Gasteiger partial charge is 0.371 e. The standard InChI is InChI=1S/C24H24ClN5OS/c25-22-4-3-21(32-22)24-28-19-2-1-17(13-20(19)29-24)14-23(31)27-15-16-7-11-30(12-8-16)18-5-9-26-10-6-18/h1-6,9-10,13,16H,7-8,11-12,14-15H2,(H,27,31)(H,28,29). The van der Waals surface area contributed by atoms with Crippen molar-refractivity contribution in [3.63, 3.8) is 0 Å². The number of anilines is 1. The molecule has 1 aromatic carbocycles. The lowest BCUT2D eigenvalue weighted by molar-refractivity contribution is -0.120. The number of pyridine rings is 1. The molecule has 2 N–H and O–H groups in total. The van der Waals surface area contributed by atoms with Gasteiger partial charge in [0.1, 0.15) is 5.82 Å². The van der Waals surface area contributed by atoms with Crippen LogP contribution in [0.5, 0.6) is 0 Å². The van der Waals surface area contributed by atoms with Gasteiger partial charge in [-0.15, -0.1) is 11.3 Å². The van der Waals surface area contributed by atoms with Crippen molar-refractivity contribution in [1.82, 2.24) is 20.3 Å². The molecule has 1 saturated heterocycles. The average Bonchev–Trinajstić information content (AvgIpc) is 3.44. The summed E-state index contributed by atoms with van der Waals surface area (Å²) < 4.78 is 0.737. The predicted octanol–water partition coefficient (Wildman–Crippen LogP) is 4.92. The number of hydrogen-bond donors (Lipinski definition) is 2. The number of hydrogen-bond acceptors (Lipinski definition) is 5. The van der Waals surface area contributed by atoms with E-state index in [4.69, 9.17) is 11.6 Å². The maximum absolute atomic E-state index is 12.5.